The van der Waals surface area contributed by atoms with Gasteiger partial charge in [-0.05, 0) is 45.6 Å². The number of hydrogen-bond donors (Lipinski definition) is 2. The number of hydrogen-bond acceptors (Lipinski definition) is 3. The van der Waals surface area contributed by atoms with Crippen LogP contribution in [0.2, 0.25) is 0 Å². The fourth-order valence-corrected chi connectivity index (χ4v) is 2.03. The number of ether oxygens (including phenoxy) is 1. The molecule has 0 aromatic rings. The van der Waals surface area contributed by atoms with Crippen molar-refractivity contribution in [2.45, 2.75) is 50.7 Å². The molecule has 92 valence electrons. The van der Waals surface area contributed by atoms with Crippen molar-refractivity contribution >= 4 is 5.91 Å². The normalized spacial score (nSPS) is 29.3. The van der Waals surface area contributed by atoms with Crippen LogP contribution in [0, 0.1) is 0 Å². The lowest BCUT2D eigenvalue weighted by molar-refractivity contribution is -0.139. The van der Waals surface area contributed by atoms with Gasteiger partial charge in [-0.1, -0.05) is 0 Å². The lowest BCUT2D eigenvalue weighted by atomic mass is 10.0. The number of amides is 1. The molecule has 0 aromatic heterocycles. The van der Waals surface area contributed by atoms with Crippen molar-refractivity contribution in [2.75, 3.05) is 19.7 Å². The van der Waals surface area contributed by atoms with E-state index >= 15 is 0 Å². The summed E-state index contributed by atoms with van der Waals surface area (Å²) in [6.45, 7) is 4.35. The third kappa shape index (κ3) is 3.19. The van der Waals surface area contributed by atoms with E-state index in [0.717, 1.165) is 38.4 Å². The summed E-state index contributed by atoms with van der Waals surface area (Å²) in [5.74, 6) is 0.0522. The molecule has 0 radical (unpaired) electrons. The molecule has 0 aromatic carbocycles. The summed E-state index contributed by atoms with van der Waals surface area (Å²) in [5.41, 5.74) is -0.566. The Balaban J connectivity index is 1.55. The Morgan fingerprint density at radius 3 is 2.88 bits per heavy atom. The third-order valence-electron chi connectivity index (χ3n) is 3.35. The Hall–Kier alpha value is -0.610. The molecule has 2 aliphatic rings. The summed E-state index contributed by atoms with van der Waals surface area (Å²) in [5, 5.41) is 6.38. The second-order valence-electron chi connectivity index (χ2n) is 5.02. The molecule has 1 heterocycles. The highest BCUT2D eigenvalue weighted by Gasteiger charge is 2.37. The lowest BCUT2D eigenvalue weighted by Gasteiger charge is -2.21. The average Bonchev–Trinajstić information content (AvgIpc) is 2.99. The van der Waals surface area contributed by atoms with E-state index in [4.69, 9.17) is 4.74 Å². The molecule has 16 heavy (non-hydrogen) atoms. The molecule has 1 saturated carbocycles. The van der Waals surface area contributed by atoms with Crippen LogP contribution in [0.3, 0.4) is 0 Å². The zero-order chi connectivity index (χ0) is 11.4. The molecule has 1 saturated heterocycles. The first-order valence-electron chi connectivity index (χ1n) is 6.36. The van der Waals surface area contributed by atoms with Gasteiger partial charge >= 0.3 is 0 Å². The Labute approximate surface area is 97.1 Å². The summed E-state index contributed by atoms with van der Waals surface area (Å²) in [6.07, 6.45) is 5.47. The third-order valence-corrected chi connectivity index (χ3v) is 3.35. The van der Waals surface area contributed by atoms with E-state index in [1.54, 1.807) is 0 Å². The summed E-state index contributed by atoms with van der Waals surface area (Å²) in [6, 6.07) is 0.756. The standard InChI is InChI=1S/C12H22N2O2/c1-12(6-2-9-16-12)11(15)14-8-3-7-13-10-4-5-10/h10,13H,2-9H2,1H3,(H,14,15). The number of carbonyl (C=O) groups excluding carboxylic acids is 1. The van der Waals surface area contributed by atoms with E-state index in [-0.39, 0.29) is 5.91 Å². The van der Waals surface area contributed by atoms with Gasteiger partial charge in [0, 0.05) is 19.2 Å². The summed E-state index contributed by atoms with van der Waals surface area (Å²) >= 11 is 0. The topological polar surface area (TPSA) is 50.4 Å². The zero-order valence-electron chi connectivity index (χ0n) is 10.1. The summed E-state index contributed by atoms with van der Waals surface area (Å²) in [4.78, 5) is 11.8. The van der Waals surface area contributed by atoms with Crippen molar-refractivity contribution in [3.05, 3.63) is 0 Å². The molecular weight excluding hydrogens is 204 g/mol. The molecule has 4 nitrogen and oxygen atoms in total. The van der Waals surface area contributed by atoms with E-state index in [1.807, 2.05) is 6.92 Å². The molecule has 4 heteroatoms. The van der Waals surface area contributed by atoms with E-state index in [2.05, 4.69) is 10.6 Å². The van der Waals surface area contributed by atoms with Gasteiger partial charge in [-0.25, -0.2) is 0 Å². The minimum Gasteiger partial charge on any atom is -0.365 e. The van der Waals surface area contributed by atoms with Gasteiger partial charge in [0.05, 0.1) is 0 Å². The maximum atomic E-state index is 11.8. The van der Waals surface area contributed by atoms with Crippen LogP contribution in [0.5, 0.6) is 0 Å². The molecular formula is C12H22N2O2. The zero-order valence-corrected chi connectivity index (χ0v) is 10.1. The van der Waals surface area contributed by atoms with Gasteiger partial charge in [-0.15, -0.1) is 0 Å². The van der Waals surface area contributed by atoms with Crippen molar-refractivity contribution in [3.63, 3.8) is 0 Å². The molecule has 0 spiro atoms. The molecule has 1 amide bonds. The minimum atomic E-state index is -0.566. The van der Waals surface area contributed by atoms with Crippen LogP contribution in [-0.2, 0) is 9.53 Å². The second-order valence-corrected chi connectivity index (χ2v) is 5.02. The number of carbonyl (C=O) groups is 1. The smallest absolute Gasteiger partial charge is 0.251 e. The van der Waals surface area contributed by atoms with Gasteiger partial charge in [-0.3, -0.25) is 4.79 Å². The average molecular weight is 226 g/mol. The Bertz CT molecular complexity index is 245. The van der Waals surface area contributed by atoms with E-state index in [9.17, 15) is 4.79 Å². The van der Waals surface area contributed by atoms with Crippen molar-refractivity contribution in [1.82, 2.24) is 10.6 Å². The quantitative estimate of drug-likeness (QED) is 0.659. The highest BCUT2D eigenvalue weighted by atomic mass is 16.5. The monoisotopic (exact) mass is 226 g/mol. The molecule has 2 N–H and O–H groups in total. The first-order valence-corrected chi connectivity index (χ1v) is 6.36. The molecule has 1 atom stereocenters. The largest absolute Gasteiger partial charge is 0.365 e. The Morgan fingerprint density at radius 1 is 1.44 bits per heavy atom. The van der Waals surface area contributed by atoms with Crippen molar-refractivity contribution in [2.24, 2.45) is 0 Å². The molecule has 2 rings (SSSR count). The van der Waals surface area contributed by atoms with Gasteiger partial charge in [0.1, 0.15) is 5.60 Å². The van der Waals surface area contributed by atoms with Crippen LogP contribution in [0.1, 0.15) is 39.0 Å². The number of rotatable bonds is 6. The fourth-order valence-electron chi connectivity index (χ4n) is 2.03. The lowest BCUT2D eigenvalue weighted by Crippen LogP contribution is -2.44. The minimum absolute atomic E-state index is 0.0522. The van der Waals surface area contributed by atoms with E-state index in [0.29, 0.717) is 6.61 Å². The summed E-state index contributed by atoms with van der Waals surface area (Å²) < 4.78 is 5.48. The van der Waals surface area contributed by atoms with Crippen molar-refractivity contribution in [3.8, 4) is 0 Å². The van der Waals surface area contributed by atoms with Crippen LogP contribution in [0.25, 0.3) is 0 Å². The van der Waals surface area contributed by atoms with Gasteiger partial charge in [0.2, 0.25) is 0 Å². The van der Waals surface area contributed by atoms with Crippen LogP contribution in [-0.4, -0.2) is 37.2 Å². The van der Waals surface area contributed by atoms with E-state index < -0.39 is 5.60 Å². The fraction of sp³-hybridized carbons (Fsp3) is 0.917. The second kappa shape index (κ2) is 5.15. The maximum Gasteiger partial charge on any atom is 0.251 e. The van der Waals surface area contributed by atoms with Crippen LogP contribution < -0.4 is 10.6 Å². The van der Waals surface area contributed by atoms with Crippen LogP contribution >= 0.6 is 0 Å². The molecule has 1 aliphatic carbocycles. The van der Waals surface area contributed by atoms with E-state index in [1.165, 1.54) is 12.8 Å². The predicted molar refractivity (Wildman–Crippen MR) is 62.2 cm³/mol. The SMILES string of the molecule is CC1(C(=O)NCCCNC2CC2)CCCO1. The van der Waals surface area contributed by atoms with Crippen LogP contribution in [0.4, 0.5) is 0 Å². The first-order chi connectivity index (χ1) is 7.71. The first kappa shape index (κ1) is 11.9. The van der Waals surface area contributed by atoms with Crippen molar-refractivity contribution in [1.29, 1.82) is 0 Å². The Kier molecular flexibility index (Phi) is 3.82. The molecule has 1 aliphatic heterocycles. The maximum absolute atomic E-state index is 11.8. The van der Waals surface area contributed by atoms with Crippen molar-refractivity contribution < 1.29 is 9.53 Å². The predicted octanol–water partition coefficient (Wildman–Crippen LogP) is 0.814. The molecule has 2 fully saturated rings. The van der Waals surface area contributed by atoms with Crippen LogP contribution in [0.15, 0.2) is 0 Å². The number of nitrogens with one attached hydrogen (secondary N) is 2. The highest BCUT2D eigenvalue weighted by Crippen LogP contribution is 2.24. The van der Waals surface area contributed by atoms with Gasteiger partial charge in [-0.2, -0.15) is 0 Å². The van der Waals surface area contributed by atoms with Gasteiger partial charge in [0.15, 0.2) is 0 Å². The highest BCUT2D eigenvalue weighted by molar-refractivity contribution is 5.84. The Morgan fingerprint density at radius 2 is 2.25 bits per heavy atom. The van der Waals surface area contributed by atoms with Gasteiger partial charge < -0.3 is 15.4 Å². The summed E-state index contributed by atoms with van der Waals surface area (Å²) in [7, 11) is 0. The molecule has 0 bridgehead atoms. The van der Waals surface area contributed by atoms with Gasteiger partial charge in [0.25, 0.3) is 5.91 Å². The molecule has 1 unspecified atom stereocenters.